The third kappa shape index (κ3) is 16.6. The Morgan fingerprint density at radius 2 is 1.17 bits per heavy atom. The average molecular weight is 1420 g/mol. The van der Waals surface area contributed by atoms with Crippen LogP contribution in [0.2, 0.25) is 0 Å². The Morgan fingerprint density at radius 1 is 0.602 bits per heavy atom. The fourth-order valence-electron chi connectivity index (χ4n) is 11.5. The van der Waals surface area contributed by atoms with Gasteiger partial charge in [-0.2, -0.15) is 55.1 Å². The number of sulfonamides is 1. The van der Waals surface area contributed by atoms with Crippen molar-refractivity contribution in [1.29, 1.82) is 0 Å². The van der Waals surface area contributed by atoms with E-state index in [4.69, 9.17) is 5.14 Å². The monoisotopic (exact) mass is 1420 g/mol. The normalized spacial score (nSPS) is 16.0. The SMILES string of the molecule is CC1(C)C(=CC=C(C=CC2=[N+](CCCS(=O)(=O)O)c3ccc4c(S(=O)(=O)O)cc(S(=O)(=O)O)cc4c3C2(C)C)c2ccc(C(=O)NCCCCCC(=O)NCc3ccc(S(N)(=O)=O)cc3)cn2)N(CCCS(=O)(=O)O)c2ccc3c(S(=O)(=O)O)cc(S(=O)(=O)O)cc3c21. The third-order valence-electron chi connectivity index (χ3n) is 15.8. The van der Waals surface area contributed by atoms with Crippen LogP contribution in [0.5, 0.6) is 0 Å². The van der Waals surface area contributed by atoms with Crippen LogP contribution in [0.4, 0.5) is 11.4 Å². The maximum absolute atomic E-state index is 13.6. The highest BCUT2D eigenvalue weighted by molar-refractivity contribution is 7.89. The molecule has 0 radical (unpaired) electrons. The number of fused-ring (bicyclic) bond motifs is 6. The molecule has 0 saturated carbocycles. The molecular weight excluding hydrogens is 1360 g/mol. The number of pyridine rings is 1. The first kappa shape index (κ1) is 71.6. The second kappa shape index (κ2) is 26.5. The van der Waals surface area contributed by atoms with Gasteiger partial charge in [-0.1, -0.05) is 44.5 Å². The molecule has 35 heteroatoms. The van der Waals surface area contributed by atoms with Gasteiger partial charge in [-0.3, -0.25) is 41.9 Å². The molecule has 93 heavy (non-hydrogen) atoms. The number of allylic oxidation sites excluding steroid dienone is 6. The summed E-state index contributed by atoms with van der Waals surface area (Å²) in [5.74, 6) is -2.25. The molecule has 5 aromatic carbocycles. The van der Waals surface area contributed by atoms with Crippen LogP contribution >= 0.6 is 0 Å². The van der Waals surface area contributed by atoms with E-state index in [0.717, 1.165) is 12.1 Å². The van der Waals surface area contributed by atoms with Gasteiger partial charge in [0.25, 0.3) is 66.6 Å². The van der Waals surface area contributed by atoms with Gasteiger partial charge in [0.2, 0.25) is 21.6 Å². The second-order valence-corrected chi connectivity index (χ2v) is 33.4. The van der Waals surface area contributed by atoms with E-state index < -0.39 is 119 Å². The molecule has 0 spiro atoms. The molecule has 0 saturated heterocycles. The highest BCUT2D eigenvalue weighted by Gasteiger charge is 2.47. The van der Waals surface area contributed by atoms with E-state index in [1.54, 1.807) is 61.5 Å². The first-order valence-electron chi connectivity index (χ1n) is 28.1. The van der Waals surface area contributed by atoms with Gasteiger partial charge in [0.05, 0.1) is 42.9 Å². The number of unbranched alkanes of at least 4 members (excludes halogenated alkanes) is 2. The fraction of sp³-hybridized carbons (Fsp3) is 0.310. The van der Waals surface area contributed by atoms with E-state index in [9.17, 15) is 95.8 Å². The predicted octanol–water partition coefficient (Wildman–Crippen LogP) is 5.88. The van der Waals surface area contributed by atoms with E-state index in [-0.39, 0.29) is 117 Å². The zero-order chi connectivity index (χ0) is 68.8. The number of rotatable bonds is 26. The summed E-state index contributed by atoms with van der Waals surface area (Å²) in [5, 5.41) is 10.3. The maximum atomic E-state index is 13.6. The van der Waals surface area contributed by atoms with Crippen molar-refractivity contribution in [2.75, 3.05) is 36.0 Å². The van der Waals surface area contributed by atoms with Crippen LogP contribution in [0.15, 0.2) is 146 Å². The Labute approximate surface area is 537 Å². The van der Waals surface area contributed by atoms with Gasteiger partial charge < -0.3 is 15.5 Å². The minimum atomic E-state index is -5.17. The molecular formula is C58H65N6O22S7+. The smallest absolute Gasteiger partial charge is 0.295 e. The first-order valence-corrected chi connectivity index (χ1v) is 38.6. The van der Waals surface area contributed by atoms with Crippen molar-refractivity contribution in [3.8, 4) is 0 Å². The molecule has 2 aliphatic rings. The number of primary sulfonamides is 1. The molecule has 0 aliphatic carbocycles. The summed E-state index contributed by atoms with van der Waals surface area (Å²) >= 11 is 0. The van der Waals surface area contributed by atoms with Gasteiger partial charge in [0, 0.05) is 89.5 Å². The Balaban J connectivity index is 1.20. The molecule has 1 aromatic heterocycles. The van der Waals surface area contributed by atoms with Gasteiger partial charge in [-0.05, 0) is 128 Å². The Hall–Kier alpha value is -7.23. The minimum Gasteiger partial charge on any atom is -0.352 e. The Morgan fingerprint density at radius 3 is 1.71 bits per heavy atom. The topological polar surface area (TPSA) is 464 Å². The maximum Gasteiger partial charge on any atom is 0.295 e. The molecule has 8 rings (SSSR count). The largest absolute Gasteiger partial charge is 0.352 e. The van der Waals surface area contributed by atoms with Crippen LogP contribution in [-0.2, 0) is 92.9 Å². The lowest BCUT2D eigenvalue weighted by atomic mass is 9.79. The van der Waals surface area contributed by atoms with Crippen molar-refractivity contribution < 1.29 is 100 Å². The van der Waals surface area contributed by atoms with E-state index in [1.807, 2.05) is 0 Å². The number of aromatic nitrogens is 1. The number of hydrogen-bond donors (Lipinski definition) is 9. The number of amides is 2. The van der Waals surface area contributed by atoms with Crippen LogP contribution in [0, 0.1) is 0 Å². The number of benzene rings is 5. The van der Waals surface area contributed by atoms with Crippen molar-refractivity contribution in [1.82, 2.24) is 15.6 Å². The van der Waals surface area contributed by atoms with Crippen LogP contribution in [0.25, 0.3) is 27.1 Å². The molecule has 3 heterocycles. The van der Waals surface area contributed by atoms with E-state index in [2.05, 4.69) is 15.6 Å². The van der Waals surface area contributed by atoms with Gasteiger partial charge in [-0.15, -0.1) is 0 Å². The zero-order valence-corrected chi connectivity index (χ0v) is 55.7. The van der Waals surface area contributed by atoms with E-state index in [1.165, 1.54) is 66.9 Å². The Bertz CT molecular complexity index is 5030. The molecule has 10 N–H and O–H groups in total. The summed E-state index contributed by atoms with van der Waals surface area (Å²) in [4.78, 5) is 28.8. The van der Waals surface area contributed by atoms with Gasteiger partial charge in [0.15, 0.2) is 5.71 Å². The number of carbonyl (C=O) groups excluding carboxylic acids is 2. The number of anilines is 1. The van der Waals surface area contributed by atoms with Crippen LogP contribution in [-0.4, -0.2) is 144 Å². The lowest BCUT2D eigenvalue weighted by Gasteiger charge is -2.27. The van der Waals surface area contributed by atoms with Gasteiger partial charge in [0.1, 0.15) is 16.3 Å². The molecule has 28 nitrogen and oxygen atoms in total. The number of nitrogens with zero attached hydrogens (tertiary/aromatic N) is 3. The van der Waals surface area contributed by atoms with Crippen LogP contribution < -0.4 is 20.7 Å². The molecule has 0 fully saturated rings. The molecule has 0 bridgehead atoms. The second-order valence-electron chi connectivity index (χ2n) is 23.0. The summed E-state index contributed by atoms with van der Waals surface area (Å²) in [6.07, 6.45) is 8.73. The lowest BCUT2D eigenvalue weighted by molar-refractivity contribution is -0.437. The standard InChI is InChI=1S/C58H64N6O22S7/c1-57(2)51(63(26-8-28-87(67,68)69)47-21-18-42-44(54(47)57)30-40(90(75,76)77)32-49(42)92(81,82)83)23-14-37(46-20-13-38(35-61-46)56(66)60-25-7-5-6-10-53(65)62-34-36-11-16-39(17-12-36)89(59,73)74)15-24-52-58(3,4)55-45-31-41(91(78,79)80)33-50(93(84,85)86)43(45)19-22-48(55)64(52)27-9-29-88(70,71)72/h11-24,30-33,35H,5-10,25-29,34H2,1-4H3,(H9-,59,60,62,65,66,67,68,69,70,71,72,73,74,75,76,77,78,79,80,81,82,83,84,85,86)/p+1. The quantitative estimate of drug-likeness (QED) is 0.0132. The molecule has 0 unspecified atom stereocenters. The summed E-state index contributed by atoms with van der Waals surface area (Å²) < 4.78 is 236. The molecule has 500 valence electrons. The van der Waals surface area contributed by atoms with Crippen molar-refractivity contribution in [3.05, 3.63) is 149 Å². The number of hydrogen-bond acceptors (Lipinski definition) is 18. The van der Waals surface area contributed by atoms with Crippen molar-refractivity contribution in [2.24, 2.45) is 5.14 Å². The number of carbonyl (C=O) groups is 2. The summed E-state index contributed by atoms with van der Waals surface area (Å²) in [7, 11) is -33.6. The van der Waals surface area contributed by atoms with Crippen LogP contribution in [0.3, 0.4) is 0 Å². The van der Waals surface area contributed by atoms with Gasteiger partial charge >= 0.3 is 0 Å². The van der Waals surface area contributed by atoms with E-state index in [0.29, 0.717) is 48.4 Å². The molecule has 2 aliphatic heterocycles. The average Bonchev–Trinajstić information content (AvgIpc) is 1.61. The molecule has 6 aromatic rings. The van der Waals surface area contributed by atoms with E-state index >= 15 is 0 Å². The highest BCUT2D eigenvalue weighted by atomic mass is 32.2. The molecule has 0 atom stereocenters. The molecule has 2 amide bonds. The van der Waals surface area contributed by atoms with Crippen molar-refractivity contribution in [2.45, 2.75) is 108 Å². The van der Waals surface area contributed by atoms with Crippen molar-refractivity contribution >= 4 is 127 Å². The number of nitrogens with one attached hydrogen (secondary N) is 2. The number of nitrogens with two attached hydrogens (primary N) is 1. The fourth-order valence-corrected chi connectivity index (χ4v) is 15.7. The van der Waals surface area contributed by atoms with Crippen LogP contribution in [0.1, 0.15) is 99.0 Å². The summed E-state index contributed by atoms with van der Waals surface area (Å²) in [6.45, 7) is 6.67. The summed E-state index contributed by atoms with van der Waals surface area (Å²) in [5.41, 5.74) is 0.164. The van der Waals surface area contributed by atoms with Gasteiger partial charge in [-0.25, -0.2) is 13.6 Å². The highest BCUT2D eigenvalue weighted by Crippen LogP contribution is 2.52. The minimum absolute atomic E-state index is 0.0639. The zero-order valence-electron chi connectivity index (χ0n) is 49.9. The Kier molecular flexibility index (Phi) is 20.4. The lowest BCUT2D eigenvalue weighted by Crippen LogP contribution is -2.28. The van der Waals surface area contributed by atoms with Crippen molar-refractivity contribution in [3.63, 3.8) is 0 Å². The first-order chi connectivity index (χ1) is 42.9. The summed E-state index contributed by atoms with van der Waals surface area (Å²) in [6, 6.07) is 17.3. The predicted molar refractivity (Wildman–Crippen MR) is 342 cm³/mol. The third-order valence-corrected chi connectivity index (χ3v) is 21.8.